The van der Waals surface area contributed by atoms with Crippen LogP contribution in [0.15, 0.2) is 12.1 Å². The number of amides is 1. The van der Waals surface area contributed by atoms with Crippen LogP contribution in [0.5, 0.6) is 0 Å². The number of carbonyl (C=O) groups excluding carboxylic acids is 1. The first kappa shape index (κ1) is 12.9. The topological polar surface area (TPSA) is 49.3 Å². The number of hydrogen-bond donors (Lipinski definition) is 2. The molecule has 1 saturated carbocycles. The van der Waals surface area contributed by atoms with Crippen LogP contribution in [0.2, 0.25) is 0 Å². The van der Waals surface area contributed by atoms with Gasteiger partial charge in [0, 0.05) is 17.5 Å². The van der Waals surface area contributed by atoms with E-state index in [2.05, 4.69) is 5.32 Å². The SMILES string of the molecule is O=C(NCC1(CO)CC1)c1cc(F)c(F)c(F)c1. The zero-order valence-electron chi connectivity index (χ0n) is 9.47. The van der Waals surface area contributed by atoms with Crippen molar-refractivity contribution in [3.8, 4) is 0 Å². The number of halogens is 3. The molecule has 1 fully saturated rings. The molecule has 0 bridgehead atoms. The van der Waals surface area contributed by atoms with Crippen molar-refractivity contribution in [3.05, 3.63) is 35.1 Å². The Bertz CT molecular complexity index is 463. The zero-order valence-corrected chi connectivity index (χ0v) is 9.47. The molecule has 2 N–H and O–H groups in total. The molecule has 0 aliphatic heterocycles. The summed E-state index contributed by atoms with van der Waals surface area (Å²) in [6, 6.07) is 1.29. The lowest BCUT2D eigenvalue weighted by Gasteiger charge is -2.12. The van der Waals surface area contributed by atoms with E-state index in [4.69, 9.17) is 5.11 Å². The maximum atomic E-state index is 12.9. The van der Waals surface area contributed by atoms with Crippen LogP contribution < -0.4 is 5.32 Å². The highest BCUT2D eigenvalue weighted by Crippen LogP contribution is 2.44. The minimum Gasteiger partial charge on any atom is -0.396 e. The molecule has 18 heavy (non-hydrogen) atoms. The van der Waals surface area contributed by atoms with Gasteiger partial charge >= 0.3 is 0 Å². The van der Waals surface area contributed by atoms with Gasteiger partial charge in [0.2, 0.25) is 0 Å². The van der Waals surface area contributed by atoms with Crippen molar-refractivity contribution in [2.24, 2.45) is 5.41 Å². The first-order valence-electron chi connectivity index (χ1n) is 5.51. The van der Waals surface area contributed by atoms with Crippen molar-refractivity contribution < 1.29 is 23.1 Å². The van der Waals surface area contributed by atoms with Crippen LogP contribution in [-0.2, 0) is 0 Å². The second kappa shape index (κ2) is 4.61. The summed E-state index contributed by atoms with van der Waals surface area (Å²) in [7, 11) is 0. The van der Waals surface area contributed by atoms with Gasteiger partial charge < -0.3 is 10.4 Å². The number of rotatable bonds is 4. The largest absolute Gasteiger partial charge is 0.396 e. The molecule has 0 aromatic heterocycles. The standard InChI is InChI=1S/C12H12F3NO2/c13-8-3-7(4-9(14)10(8)15)11(18)16-5-12(6-17)1-2-12/h3-4,17H,1-2,5-6H2,(H,16,18). The summed E-state index contributed by atoms with van der Waals surface area (Å²) in [5, 5.41) is 11.5. The van der Waals surface area contributed by atoms with Crippen molar-refractivity contribution in [1.82, 2.24) is 5.32 Å². The van der Waals surface area contributed by atoms with Crippen molar-refractivity contribution in [2.45, 2.75) is 12.8 Å². The smallest absolute Gasteiger partial charge is 0.251 e. The first-order chi connectivity index (χ1) is 8.47. The maximum absolute atomic E-state index is 12.9. The predicted molar refractivity (Wildman–Crippen MR) is 57.4 cm³/mol. The third kappa shape index (κ3) is 2.48. The molecule has 1 aromatic rings. The fourth-order valence-electron chi connectivity index (χ4n) is 1.62. The summed E-state index contributed by atoms with van der Waals surface area (Å²) in [6.07, 6.45) is 1.60. The molecule has 98 valence electrons. The minimum atomic E-state index is -1.60. The van der Waals surface area contributed by atoms with E-state index in [1.165, 1.54) is 0 Å². The lowest BCUT2D eigenvalue weighted by Crippen LogP contribution is -2.32. The van der Waals surface area contributed by atoms with Gasteiger partial charge in [-0.1, -0.05) is 0 Å². The average molecular weight is 259 g/mol. The van der Waals surface area contributed by atoms with Crippen LogP contribution in [0, 0.1) is 22.9 Å². The van der Waals surface area contributed by atoms with E-state index in [9.17, 15) is 18.0 Å². The first-order valence-corrected chi connectivity index (χ1v) is 5.51. The molecule has 2 rings (SSSR count). The molecule has 1 amide bonds. The summed E-state index contributed by atoms with van der Waals surface area (Å²) in [6.45, 7) is 0.197. The Labute approximate surface area is 102 Å². The predicted octanol–water partition coefficient (Wildman–Crippen LogP) is 1.61. The Morgan fingerprint density at radius 2 is 1.83 bits per heavy atom. The molecule has 0 unspecified atom stereocenters. The monoisotopic (exact) mass is 259 g/mol. The Morgan fingerprint density at radius 1 is 1.28 bits per heavy atom. The Morgan fingerprint density at radius 3 is 2.28 bits per heavy atom. The van der Waals surface area contributed by atoms with Crippen molar-refractivity contribution in [3.63, 3.8) is 0 Å². The second-order valence-corrected chi connectivity index (χ2v) is 4.59. The molecule has 1 aromatic carbocycles. The van der Waals surface area contributed by atoms with E-state index < -0.39 is 23.4 Å². The third-order valence-electron chi connectivity index (χ3n) is 3.16. The quantitative estimate of drug-likeness (QED) is 0.807. The fourth-order valence-corrected chi connectivity index (χ4v) is 1.62. The Hall–Kier alpha value is -1.56. The number of aliphatic hydroxyl groups excluding tert-OH is 1. The van der Waals surface area contributed by atoms with Gasteiger partial charge in [0.25, 0.3) is 5.91 Å². The van der Waals surface area contributed by atoms with Crippen molar-refractivity contribution >= 4 is 5.91 Å². The molecule has 1 aliphatic rings. The summed E-state index contributed by atoms with van der Waals surface area (Å²) in [5.41, 5.74) is -0.576. The summed E-state index contributed by atoms with van der Waals surface area (Å²) in [5.74, 6) is -5.08. The number of aliphatic hydroxyl groups is 1. The molecule has 0 spiro atoms. The van der Waals surface area contributed by atoms with Crippen molar-refractivity contribution in [2.75, 3.05) is 13.2 Å². The van der Waals surface area contributed by atoms with Crippen LogP contribution in [0.25, 0.3) is 0 Å². The normalized spacial score (nSPS) is 16.4. The van der Waals surface area contributed by atoms with Gasteiger partial charge in [-0.05, 0) is 25.0 Å². The van der Waals surface area contributed by atoms with Crippen LogP contribution >= 0.6 is 0 Å². The Kier molecular flexibility index (Phi) is 3.30. The van der Waals surface area contributed by atoms with E-state index in [1.807, 2.05) is 0 Å². The van der Waals surface area contributed by atoms with Crippen LogP contribution in [-0.4, -0.2) is 24.2 Å². The van der Waals surface area contributed by atoms with Gasteiger partial charge in [0.15, 0.2) is 17.5 Å². The molecule has 3 nitrogen and oxygen atoms in total. The van der Waals surface area contributed by atoms with Gasteiger partial charge in [0.1, 0.15) is 0 Å². The molecule has 0 saturated heterocycles. The highest BCUT2D eigenvalue weighted by atomic mass is 19.2. The van der Waals surface area contributed by atoms with E-state index in [0.29, 0.717) is 12.1 Å². The fraction of sp³-hybridized carbons (Fsp3) is 0.417. The summed E-state index contributed by atoms with van der Waals surface area (Å²) >= 11 is 0. The van der Waals surface area contributed by atoms with Crippen LogP contribution in [0.3, 0.4) is 0 Å². The van der Waals surface area contributed by atoms with Gasteiger partial charge in [-0.15, -0.1) is 0 Å². The van der Waals surface area contributed by atoms with Gasteiger partial charge in [-0.3, -0.25) is 4.79 Å². The van der Waals surface area contributed by atoms with E-state index >= 15 is 0 Å². The highest BCUT2D eigenvalue weighted by Gasteiger charge is 2.42. The second-order valence-electron chi connectivity index (χ2n) is 4.59. The molecule has 0 atom stereocenters. The molecular formula is C12H12F3NO2. The van der Waals surface area contributed by atoms with Gasteiger partial charge in [-0.2, -0.15) is 0 Å². The molecular weight excluding hydrogens is 247 g/mol. The molecule has 0 radical (unpaired) electrons. The Balaban J connectivity index is 2.05. The maximum Gasteiger partial charge on any atom is 0.251 e. The average Bonchev–Trinajstić information content (AvgIpc) is 3.13. The minimum absolute atomic E-state index is 0.0422. The van der Waals surface area contributed by atoms with Crippen LogP contribution in [0.4, 0.5) is 13.2 Å². The lowest BCUT2D eigenvalue weighted by atomic mass is 10.1. The number of benzene rings is 1. The highest BCUT2D eigenvalue weighted by molar-refractivity contribution is 5.94. The van der Waals surface area contributed by atoms with E-state index in [1.54, 1.807) is 0 Å². The molecule has 1 aliphatic carbocycles. The third-order valence-corrected chi connectivity index (χ3v) is 3.16. The van der Waals surface area contributed by atoms with Gasteiger partial charge in [-0.25, -0.2) is 13.2 Å². The molecule has 0 heterocycles. The number of nitrogens with one attached hydrogen (secondary N) is 1. The van der Waals surface area contributed by atoms with E-state index in [-0.39, 0.29) is 24.1 Å². The van der Waals surface area contributed by atoms with E-state index in [0.717, 1.165) is 12.8 Å². The summed E-state index contributed by atoms with van der Waals surface area (Å²) in [4.78, 5) is 11.6. The number of hydrogen-bond acceptors (Lipinski definition) is 2. The van der Waals surface area contributed by atoms with Crippen molar-refractivity contribution in [1.29, 1.82) is 0 Å². The lowest BCUT2D eigenvalue weighted by molar-refractivity contribution is 0.0934. The van der Waals surface area contributed by atoms with Gasteiger partial charge in [0.05, 0.1) is 6.61 Å². The zero-order chi connectivity index (χ0) is 13.3. The van der Waals surface area contributed by atoms with Crippen LogP contribution in [0.1, 0.15) is 23.2 Å². The molecule has 6 heteroatoms. The summed E-state index contributed by atoms with van der Waals surface area (Å²) < 4.78 is 38.5. The number of carbonyl (C=O) groups is 1.